The first-order chi connectivity index (χ1) is 27.5. The molecular formula is C44H70NO11P. The van der Waals surface area contributed by atoms with Gasteiger partial charge in [0.1, 0.15) is 12.6 Å². The normalized spacial score (nSPS) is 14.5. The van der Waals surface area contributed by atoms with Crippen molar-refractivity contribution >= 4 is 31.5 Å². The number of ether oxygens (including phenoxy) is 2. The molecule has 0 saturated heterocycles. The summed E-state index contributed by atoms with van der Waals surface area (Å²) in [6.45, 7) is 2.47. The monoisotopic (exact) mass is 819 g/mol. The number of hydrogen-bond acceptors (Lipinski definition) is 10. The molecule has 13 heteroatoms. The van der Waals surface area contributed by atoms with Gasteiger partial charge in [-0.1, -0.05) is 119 Å². The Morgan fingerprint density at radius 3 is 1.68 bits per heavy atom. The minimum Gasteiger partial charge on any atom is -0.480 e. The number of esters is 2. The number of hydrogen-bond donors (Lipinski definition) is 3. The molecular weight excluding hydrogens is 749 g/mol. The molecule has 322 valence electrons. The predicted molar refractivity (Wildman–Crippen MR) is 226 cm³/mol. The van der Waals surface area contributed by atoms with Crippen molar-refractivity contribution in [3.05, 3.63) is 85.1 Å². The van der Waals surface area contributed by atoms with Crippen molar-refractivity contribution in [2.45, 2.75) is 148 Å². The van der Waals surface area contributed by atoms with Crippen LogP contribution in [0, 0.1) is 0 Å². The summed E-state index contributed by atoms with van der Waals surface area (Å²) in [5, 5.41) is 8.87. The van der Waals surface area contributed by atoms with Gasteiger partial charge in [-0.25, -0.2) is 4.57 Å². The zero-order valence-corrected chi connectivity index (χ0v) is 35.3. The van der Waals surface area contributed by atoms with Crippen LogP contribution in [0.25, 0.3) is 0 Å². The van der Waals surface area contributed by atoms with Crippen LogP contribution in [0.5, 0.6) is 0 Å². The fraction of sp³-hybridized carbons (Fsp3) is 0.591. The van der Waals surface area contributed by atoms with Crippen LogP contribution < -0.4 is 5.73 Å². The minimum absolute atomic E-state index is 0.0459. The Bertz CT molecular complexity index is 1350. The molecule has 1 unspecified atom stereocenters. The lowest BCUT2D eigenvalue weighted by Crippen LogP contribution is -2.34. The maximum absolute atomic E-state index is 12.6. The summed E-state index contributed by atoms with van der Waals surface area (Å²) in [6.07, 6.45) is 42.2. The van der Waals surface area contributed by atoms with Crippen molar-refractivity contribution < 1.29 is 52.3 Å². The first-order valence-electron chi connectivity index (χ1n) is 20.6. The smallest absolute Gasteiger partial charge is 0.472 e. The molecule has 12 nitrogen and oxygen atoms in total. The van der Waals surface area contributed by atoms with Gasteiger partial charge >= 0.3 is 25.7 Å². The second kappa shape index (κ2) is 37.9. The van der Waals surface area contributed by atoms with Crippen molar-refractivity contribution in [2.75, 3.05) is 19.8 Å². The fourth-order valence-electron chi connectivity index (χ4n) is 4.78. The number of allylic oxidation sites excluding steroid dienone is 14. The average Bonchev–Trinajstić information content (AvgIpc) is 3.18. The highest BCUT2D eigenvalue weighted by atomic mass is 31.2. The predicted octanol–water partition coefficient (Wildman–Crippen LogP) is 9.90. The number of carboxylic acids is 1. The van der Waals surface area contributed by atoms with Crippen molar-refractivity contribution in [3.63, 3.8) is 0 Å². The summed E-state index contributed by atoms with van der Waals surface area (Å²) in [4.78, 5) is 57.5. The summed E-state index contributed by atoms with van der Waals surface area (Å²) in [6, 6.07) is -1.55. The van der Waals surface area contributed by atoms with Gasteiger partial charge in [0.2, 0.25) is 0 Å². The van der Waals surface area contributed by atoms with Crippen LogP contribution in [0.3, 0.4) is 0 Å². The van der Waals surface area contributed by atoms with Crippen LogP contribution in [-0.2, 0) is 42.3 Å². The van der Waals surface area contributed by atoms with E-state index in [4.69, 9.17) is 24.8 Å². The van der Waals surface area contributed by atoms with Crippen molar-refractivity contribution in [2.24, 2.45) is 5.73 Å². The van der Waals surface area contributed by atoms with Gasteiger partial charge < -0.3 is 25.2 Å². The number of ketones is 1. The van der Waals surface area contributed by atoms with E-state index in [1.54, 1.807) is 12.2 Å². The molecule has 0 amide bonds. The zero-order chi connectivity index (χ0) is 42.2. The second-order valence-electron chi connectivity index (χ2n) is 13.4. The van der Waals surface area contributed by atoms with Crippen LogP contribution in [0.1, 0.15) is 136 Å². The lowest BCUT2D eigenvalue weighted by Gasteiger charge is -2.20. The third kappa shape index (κ3) is 37.7. The van der Waals surface area contributed by atoms with Crippen molar-refractivity contribution in [1.29, 1.82) is 0 Å². The molecule has 0 aliphatic rings. The largest absolute Gasteiger partial charge is 0.480 e. The van der Waals surface area contributed by atoms with E-state index in [-0.39, 0.29) is 18.6 Å². The van der Waals surface area contributed by atoms with E-state index in [0.29, 0.717) is 25.7 Å². The number of carbonyl (C=O) groups is 4. The molecule has 0 spiro atoms. The van der Waals surface area contributed by atoms with Crippen LogP contribution in [-0.4, -0.2) is 65.7 Å². The summed E-state index contributed by atoms with van der Waals surface area (Å²) in [5.41, 5.74) is 5.31. The SMILES string of the molecule is CCCCC/C=C\C/C=C\C/C=C\CCCCC(=O)OC[C@H](COP(=O)(O)OC[C@H](N)C(=O)O)OC(=O)CCC/C=C\C/C=C\C/C=C\C=C\C(=O)CCCCC. The zero-order valence-electron chi connectivity index (χ0n) is 34.4. The van der Waals surface area contributed by atoms with E-state index >= 15 is 0 Å². The lowest BCUT2D eigenvalue weighted by molar-refractivity contribution is -0.161. The quantitative estimate of drug-likeness (QED) is 0.0135. The van der Waals surface area contributed by atoms with Gasteiger partial charge in [0.25, 0.3) is 0 Å². The van der Waals surface area contributed by atoms with Gasteiger partial charge in [0.05, 0.1) is 13.2 Å². The molecule has 0 aliphatic heterocycles. The van der Waals surface area contributed by atoms with Crippen LogP contribution >= 0.6 is 7.82 Å². The Labute approximate surface area is 341 Å². The highest BCUT2D eigenvalue weighted by Gasteiger charge is 2.28. The highest BCUT2D eigenvalue weighted by Crippen LogP contribution is 2.43. The molecule has 4 N–H and O–H groups in total. The molecule has 0 rings (SSSR count). The summed E-state index contributed by atoms with van der Waals surface area (Å²) in [5.74, 6) is -2.41. The van der Waals surface area contributed by atoms with Crippen molar-refractivity contribution in [1.82, 2.24) is 0 Å². The van der Waals surface area contributed by atoms with Gasteiger partial charge in [-0.05, 0) is 83.1 Å². The Morgan fingerprint density at radius 1 is 0.596 bits per heavy atom. The van der Waals surface area contributed by atoms with Gasteiger partial charge in [0.15, 0.2) is 11.9 Å². The molecule has 0 fully saturated rings. The van der Waals surface area contributed by atoms with Gasteiger partial charge in [0, 0.05) is 19.3 Å². The molecule has 0 heterocycles. The molecule has 0 aliphatic carbocycles. The molecule has 0 radical (unpaired) electrons. The Balaban J connectivity index is 4.63. The Kier molecular flexibility index (Phi) is 35.4. The molecule has 0 aromatic carbocycles. The second-order valence-corrected chi connectivity index (χ2v) is 14.9. The number of carboxylic acid groups (broad SMARTS) is 1. The summed E-state index contributed by atoms with van der Waals surface area (Å²) in [7, 11) is -4.76. The number of nitrogens with two attached hydrogens (primary N) is 1. The Morgan fingerprint density at radius 2 is 1.09 bits per heavy atom. The Hall–Kier alpha value is -3.67. The van der Waals surface area contributed by atoms with E-state index in [9.17, 15) is 28.6 Å². The van der Waals surface area contributed by atoms with E-state index < -0.39 is 57.7 Å². The molecule has 0 aromatic heterocycles. The number of phosphoric ester groups is 1. The van der Waals surface area contributed by atoms with Crippen LogP contribution in [0.15, 0.2) is 85.1 Å². The topological polar surface area (TPSA) is 189 Å². The first-order valence-corrected chi connectivity index (χ1v) is 22.1. The third-order valence-electron chi connectivity index (χ3n) is 8.09. The van der Waals surface area contributed by atoms with E-state index in [1.807, 2.05) is 36.5 Å². The van der Waals surface area contributed by atoms with E-state index in [2.05, 4.69) is 54.8 Å². The molecule has 57 heavy (non-hydrogen) atoms. The maximum atomic E-state index is 12.6. The maximum Gasteiger partial charge on any atom is 0.472 e. The van der Waals surface area contributed by atoms with Crippen LogP contribution in [0.4, 0.5) is 0 Å². The molecule has 0 aromatic rings. The van der Waals surface area contributed by atoms with Gasteiger partial charge in [-0.2, -0.15) is 0 Å². The van der Waals surface area contributed by atoms with Gasteiger partial charge in [-0.15, -0.1) is 0 Å². The number of aliphatic carboxylic acids is 1. The summed E-state index contributed by atoms with van der Waals surface area (Å²) < 4.78 is 32.5. The third-order valence-corrected chi connectivity index (χ3v) is 9.04. The van der Waals surface area contributed by atoms with E-state index in [1.165, 1.54) is 19.3 Å². The average molecular weight is 820 g/mol. The minimum atomic E-state index is -4.76. The van der Waals surface area contributed by atoms with Gasteiger partial charge in [-0.3, -0.25) is 28.2 Å². The first kappa shape index (κ1) is 53.3. The number of phosphoric acid groups is 1. The molecule has 0 bridgehead atoms. The number of carbonyl (C=O) groups excluding carboxylic acids is 3. The summed E-state index contributed by atoms with van der Waals surface area (Å²) >= 11 is 0. The van der Waals surface area contributed by atoms with Crippen LogP contribution in [0.2, 0.25) is 0 Å². The fourth-order valence-corrected chi connectivity index (χ4v) is 5.56. The molecule has 0 saturated carbocycles. The van der Waals surface area contributed by atoms with Crippen molar-refractivity contribution in [3.8, 4) is 0 Å². The van der Waals surface area contributed by atoms with E-state index in [0.717, 1.165) is 64.2 Å². The molecule has 3 atom stereocenters. The number of unbranched alkanes of at least 4 members (excludes halogenated alkanes) is 8. The lowest BCUT2D eigenvalue weighted by atomic mass is 10.1. The highest BCUT2D eigenvalue weighted by molar-refractivity contribution is 7.47. The number of rotatable bonds is 37. The standard InChI is InChI=1S/C44H70NO11P/c1-3-5-7-8-9-10-11-12-13-14-17-20-23-26-30-34-42(47)53-36-40(37-54-57(51,52)55-38-41(45)44(49)50)56-43(48)35-31-27-24-21-18-15-16-19-22-25-29-33-39(46)32-28-6-4-2/h9-10,12-13,15-17,20-22,24-25,29,33,40-41H,3-8,11,14,18-19,23,26-28,30-32,34-38,45H2,1-2H3,(H,49,50)(H,51,52)/b10-9-,13-12-,16-15-,20-17-,24-21-,25-22-,33-29+/t40-,41+/m1/s1.